The summed E-state index contributed by atoms with van der Waals surface area (Å²) in [7, 11) is 0. The Balaban J connectivity index is 1.81. The molecule has 6 heteroatoms. The average molecular weight is 348 g/mol. The normalized spacial score (nSPS) is 10.5. The number of pyridine rings is 1. The second-order valence-electron chi connectivity index (χ2n) is 4.61. The van der Waals surface area contributed by atoms with E-state index in [-0.39, 0.29) is 0 Å². The molecule has 3 nitrogen and oxygen atoms in total. The Morgan fingerprint density at radius 3 is 2.64 bits per heavy atom. The van der Waals surface area contributed by atoms with Crippen LogP contribution in [0.25, 0.3) is 10.8 Å². The molecule has 2 N–H and O–H groups in total. The molecule has 0 radical (unpaired) electrons. The van der Waals surface area contributed by atoms with E-state index < -0.39 is 0 Å². The van der Waals surface area contributed by atoms with E-state index >= 15 is 0 Å². The van der Waals surface area contributed by atoms with Gasteiger partial charge in [-0.05, 0) is 42.5 Å². The highest BCUT2D eigenvalue weighted by molar-refractivity contribution is 7.80. The van der Waals surface area contributed by atoms with E-state index in [4.69, 9.17) is 35.4 Å². The number of rotatable bonds is 2. The summed E-state index contributed by atoms with van der Waals surface area (Å²) in [4.78, 5) is 4.11. The highest BCUT2D eigenvalue weighted by Gasteiger charge is 2.06. The van der Waals surface area contributed by atoms with Gasteiger partial charge < -0.3 is 10.6 Å². The molecule has 0 fully saturated rings. The molecule has 0 amide bonds. The van der Waals surface area contributed by atoms with Gasteiger partial charge in [0.15, 0.2) is 5.11 Å². The number of nitrogens with zero attached hydrogens (tertiary/aromatic N) is 1. The molecule has 22 heavy (non-hydrogen) atoms. The van der Waals surface area contributed by atoms with Crippen LogP contribution in [-0.2, 0) is 0 Å². The van der Waals surface area contributed by atoms with Crippen molar-refractivity contribution in [2.24, 2.45) is 0 Å². The fraction of sp³-hybridized carbons (Fsp3) is 0. The quantitative estimate of drug-likeness (QED) is 0.612. The summed E-state index contributed by atoms with van der Waals surface area (Å²) in [5.41, 5.74) is 1.60. The maximum Gasteiger partial charge on any atom is 0.175 e. The molecule has 0 atom stereocenters. The zero-order valence-electron chi connectivity index (χ0n) is 11.3. The van der Waals surface area contributed by atoms with Crippen LogP contribution in [0.2, 0.25) is 10.0 Å². The van der Waals surface area contributed by atoms with Crippen LogP contribution in [0.1, 0.15) is 0 Å². The number of hydrogen-bond donors (Lipinski definition) is 2. The van der Waals surface area contributed by atoms with Gasteiger partial charge in [-0.1, -0.05) is 35.3 Å². The lowest BCUT2D eigenvalue weighted by atomic mass is 10.1. The smallest absolute Gasteiger partial charge is 0.175 e. The minimum atomic E-state index is 0.452. The van der Waals surface area contributed by atoms with Crippen LogP contribution in [0.15, 0.2) is 54.9 Å². The molecule has 0 aliphatic rings. The predicted octanol–water partition coefficient (Wildman–Crippen LogP) is 5.35. The van der Waals surface area contributed by atoms with Gasteiger partial charge in [0, 0.05) is 33.9 Å². The minimum Gasteiger partial charge on any atom is -0.332 e. The van der Waals surface area contributed by atoms with Crippen molar-refractivity contribution in [3.8, 4) is 0 Å². The first-order chi connectivity index (χ1) is 10.6. The van der Waals surface area contributed by atoms with Gasteiger partial charge in [-0.15, -0.1) is 0 Å². The summed E-state index contributed by atoms with van der Waals surface area (Å²) in [6, 6.07) is 13.0. The Kier molecular flexibility index (Phi) is 4.43. The number of aromatic nitrogens is 1. The van der Waals surface area contributed by atoms with Gasteiger partial charge in [-0.3, -0.25) is 4.98 Å². The minimum absolute atomic E-state index is 0.452. The molecule has 3 rings (SSSR count). The SMILES string of the molecule is S=C(Nc1ccc(Cl)cc1Cl)Nc1cccc2cnccc12. The van der Waals surface area contributed by atoms with Crippen LogP contribution in [0.3, 0.4) is 0 Å². The molecule has 0 aliphatic heterocycles. The first-order valence-corrected chi connectivity index (χ1v) is 7.66. The molecule has 0 saturated heterocycles. The summed E-state index contributed by atoms with van der Waals surface area (Å²) in [6.45, 7) is 0. The Bertz CT molecular complexity index is 846. The van der Waals surface area contributed by atoms with Crippen molar-refractivity contribution in [3.05, 3.63) is 64.9 Å². The van der Waals surface area contributed by atoms with E-state index in [0.717, 1.165) is 16.5 Å². The first kappa shape index (κ1) is 15.0. The van der Waals surface area contributed by atoms with Gasteiger partial charge in [0.25, 0.3) is 0 Å². The first-order valence-electron chi connectivity index (χ1n) is 6.49. The van der Waals surface area contributed by atoms with Crippen molar-refractivity contribution < 1.29 is 0 Å². The number of benzene rings is 2. The lowest BCUT2D eigenvalue weighted by Gasteiger charge is -2.13. The second kappa shape index (κ2) is 6.48. The molecule has 1 aromatic heterocycles. The van der Waals surface area contributed by atoms with Crippen molar-refractivity contribution in [1.29, 1.82) is 0 Å². The van der Waals surface area contributed by atoms with Crippen molar-refractivity contribution in [1.82, 2.24) is 4.98 Å². The third-order valence-corrected chi connectivity index (χ3v) is 3.86. The maximum atomic E-state index is 6.13. The largest absolute Gasteiger partial charge is 0.332 e. The topological polar surface area (TPSA) is 37.0 Å². The third kappa shape index (κ3) is 3.30. The number of nitrogens with one attached hydrogen (secondary N) is 2. The van der Waals surface area contributed by atoms with E-state index in [2.05, 4.69) is 15.6 Å². The molecule has 0 saturated carbocycles. The van der Waals surface area contributed by atoms with Gasteiger partial charge in [0.2, 0.25) is 0 Å². The third-order valence-electron chi connectivity index (χ3n) is 3.11. The number of halogens is 2. The van der Waals surface area contributed by atoms with E-state index in [1.54, 1.807) is 24.4 Å². The van der Waals surface area contributed by atoms with Crippen LogP contribution in [-0.4, -0.2) is 10.1 Å². The van der Waals surface area contributed by atoms with Gasteiger partial charge in [0.1, 0.15) is 0 Å². The van der Waals surface area contributed by atoms with Gasteiger partial charge >= 0.3 is 0 Å². The van der Waals surface area contributed by atoms with Gasteiger partial charge in [0.05, 0.1) is 10.7 Å². The number of hydrogen-bond acceptors (Lipinski definition) is 2. The number of anilines is 2. The lowest BCUT2D eigenvalue weighted by molar-refractivity contribution is 1.36. The molecule has 1 heterocycles. The molecule has 110 valence electrons. The summed E-state index contributed by atoms with van der Waals surface area (Å²) in [5, 5.41) is 9.87. The average Bonchev–Trinajstić information content (AvgIpc) is 2.50. The standard InChI is InChI=1S/C16H11Cl2N3S/c17-11-4-5-15(13(18)8-11)21-16(22)20-14-3-1-2-10-9-19-7-6-12(10)14/h1-9H,(H2,20,21,22). The van der Waals surface area contributed by atoms with E-state index in [0.29, 0.717) is 20.8 Å². The van der Waals surface area contributed by atoms with Gasteiger partial charge in [-0.2, -0.15) is 0 Å². The molecule has 0 bridgehead atoms. The summed E-state index contributed by atoms with van der Waals surface area (Å²) >= 11 is 17.4. The molecule has 0 spiro atoms. The molecule has 3 aromatic rings. The van der Waals surface area contributed by atoms with Crippen molar-refractivity contribution in [3.63, 3.8) is 0 Å². The molecule has 0 unspecified atom stereocenters. The van der Waals surface area contributed by atoms with Crippen LogP contribution < -0.4 is 10.6 Å². The van der Waals surface area contributed by atoms with E-state index in [1.807, 2.05) is 30.5 Å². The lowest BCUT2D eigenvalue weighted by Crippen LogP contribution is -2.19. The van der Waals surface area contributed by atoms with E-state index in [9.17, 15) is 0 Å². The summed E-state index contributed by atoms with van der Waals surface area (Å²) in [5.74, 6) is 0. The Morgan fingerprint density at radius 2 is 1.82 bits per heavy atom. The Morgan fingerprint density at radius 1 is 1.00 bits per heavy atom. The zero-order chi connectivity index (χ0) is 15.5. The van der Waals surface area contributed by atoms with Crippen molar-refractivity contribution in [2.75, 3.05) is 10.6 Å². The molecular formula is C16H11Cl2N3S. The molecule has 0 aliphatic carbocycles. The van der Waals surface area contributed by atoms with Crippen LogP contribution in [0, 0.1) is 0 Å². The number of thiocarbonyl (C=S) groups is 1. The summed E-state index contributed by atoms with van der Waals surface area (Å²) < 4.78 is 0. The monoisotopic (exact) mass is 347 g/mol. The van der Waals surface area contributed by atoms with E-state index in [1.165, 1.54) is 0 Å². The summed E-state index contributed by atoms with van der Waals surface area (Å²) in [6.07, 6.45) is 3.56. The van der Waals surface area contributed by atoms with Crippen molar-refractivity contribution >= 4 is 62.7 Å². The van der Waals surface area contributed by atoms with Crippen LogP contribution >= 0.6 is 35.4 Å². The van der Waals surface area contributed by atoms with Crippen molar-refractivity contribution in [2.45, 2.75) is 0 Å². The predicted molar refractivity (Wildman–Crippen MR) is 98.0 cm³/mol. The zero-order valence-corrected chi connectivity index (χ0v) is 13.6. The fourth-order valence-corrected chi connectivity index (χ4v) is 2.77. The molecule has 2 aromatic carbocycles. The Hall–Kier alpha value is -1.88. The van der Waals surface area contributed by atoms with Gasteiger partial charge in [-0.25, -0.2) is 0 Å². The Labute approximate surface area is 143 Å². The van der Waals surface area contributed by atoms with Crippen LogP contribution in [0.4, 0.5) is 11.4 Å². The highest BCUT2D eigenvalue weighted by atomic mass is 35.5. The highest BCUT2D eigenvalue weighted by Crippen LogP contribution is 2.26. The molecular weight excluding hydrogens is 337 g/mol. The fourth-order valence-electron chi connectivity index (χ4n) is 2.10. The maximum absolute atomic E-state index is 6.13. The number of fused-ring (bicyclic) bond motifs is 1. The second-order valence-corrected chi connectivity index (χ2v) is 5.86. The van der Waals surface area contributed by atoms with Crippen LogP contribution in [0.5, 0.6) is 0 Å².